The molecule has 0 aliphatic carbocycles. The Balaban J connectivity index is 1.70. The first kappa shape index (κ1) is 24.5. The second-order valence-corrected chi connectivity index (χ2v) is 6.79. The van der Waals surface area contributed by atoms with E-state index in [1.54, 1.807) is 24.3 Å². The van der Waals surface area contributed by atoms with Crippen LogP contribution < -0.4 is 25.1 Å². The van der Waals surface area contributed by atoms with Crippen molar-refractivity contribution in [3.63, 3.8) is 0 Å². The summed E-state index contributed by atoms with van der Waals surface area (Å²) in [5.74, 6) is -1.68. The molecule has 2 amide bonds. The number of hydrogen-bond acceptors (Lipinski definition) is 9. The molecule has 0 fully saturated rings. The first-order valence-electron chi connectivity index (χ1n) is 9.98. The molecule has 1 heterocycles. The first-order valence-corrected chi connectivity index (χ1v) is 9.98. The summed E-state index contributed by atoms with van der Waals surface area (Å²) in [6, 6.07) is 13.2. The van der Waals surface area contributed by atoms with Crippen LogP contribution in [0.1, 0.15) is 32.1 Å². The Morgan fingerprint density at radius 1 is 0.800 bits per heavy atom. The molecule has 0 radical (unpaired) electrons. The number of methoxy groups -OCH3 is 2. The van der Waals surface area contributed by atoms with Gasteiger partial charge >= 0.3 is 11.8 Å². The molecule has 0 aliphatic rings. The summed E-state index contributed by atoms with van der Waals surface area (Å²) in [6.45, 7) is 0. The molecular formula is C23H21N5O7. The zero-order valence-corrected chi connectivity index (χ0v) is 18.6. The third-order valence-corrected chi connectivity index (χ3v) is 4.65. The Kier molecular flexibility index (Phi) is 7.80. The van der Waals surface area contributed by atoms with Gasteiger partial charge in [-0.3, -0.25) is 9.59 Å². The number of benzene rings is 2. The molecule has 4 N–H and O–H groups in total. The molecule has 0 aliphatic heterocycles. The summed E-state index contributed by atoms with van der Waals surface area (Å²) in [5, 5.41) is 40.1. The molecular weight excluding hydrogens is 458 g/mol. The maximum atomic E-state index is 12.6. The highest BCUT2D eigenvalue weighted by molar-refractivity contribution is 5.95. The number of pyridine rings is 1. The lowest BCUT2D eigenvalue weighted by molar-refractivity contribution is -0.610. The van der Waals surface area contributed by atoms with E-state index in [0.29, 0.717) is 0 Å². The van der Waals surface area contributed by atoms with Gasteiger partial charge in [-0.15, -0.1) is 0 Å². The lowest BCUT2D eigenvalue weighted by Gasteiger charge is -2.07. The summed E-state index contributed by atoms with van der Waals surface area (Å²) in [7, 11) is 2.78. The molecule has 2 aromatic carbocycles. The fourth-order valence-electron chi connectivity index (χ4n) is 2.88. The number of amides is 2. The standard InChI is InChI=1S/C23H21N5O7/c1-34-18-10-3-6-14(20(18)29)12-24-26-22(31)16-8-5-9-17(28(16)33)23(32)27-25-13-15-7-4-11-19(35-2)21(15)30/h3-13,29-30H,1-2H3,(H,26,31)(H,27,32)/b24-12+,25-13+. The van der Waals surface area contributed by atoms with Crippen molar-refractivity contribution >= 4 is 24.2 Å². The van der Waals surface area contributed by atoms with E-state index in [-0.39, 0.29) is 38.9 Å². The van der Waals surface area contributed by atoms with Gasteiger partial charge in [0.2, 0.25) is 0 Å². The predicted molar refractivity (Wildman–Crippen MR) is 125 cm³/mol. The van der Waals surface area contributed by atoms with Gasteiger partial charge in [-0.25, -0.2) is 10.9 Å². The van der Waals surface area contributed by atoms with E-state index in [1.165, 1.54) is 57.0 Å². The molecule has 0 spiro atoms. The van der Waals surface area contributed by atoms with Crippen LogP contribution in [0.2, 0.25) is 0 Å². The first-order chi connectivity index (χ1) is 16.9. The maximum Gasteiger partial charge on any atom is 0.337 e. The van der Waals surface area contributed by atoms with E-state index in [9.17, 15) is 25.0 Å². The number of aromatic nitrogens is 1. The molecule has 0 saturated carbocycles. The predicted octanol–water partition coefficient (Wildman–Crippen LogP) is 1.28. The number of para-hydroxylation sites is 2. The molecule has 0 unspecified atom stereocenters. The summed E-state index contributed by atoms with van der Waals surface area (Å²) in [5.41, 5.74) is 4.05. The van der Waals surface area contributed by atoms with Crippen LogP contribution in [0.5, 0.6) is 23.0 Å². The van der Waals surface area contributed by atoms with Crippen molar-refractivity contribution in [2.45, 2.75) is 0 Å². The Hall–Kier alpha value is -5.13. The number of carbonyl (C=O) groups excluding carboxylic acids is 2. The van der Waals surface area contributed by atoms with E-state index in [1.807, 2.05) is 0 Å². The van der Waals surface area contributed by atoms with Crippen LogP contribution in [-0.4, -0.2) is 48.7 Å². The zero-order chi connectivity index (χ0) is 25.4. The SMILES string of the molecule is COc1cccc(/C=N/NC(=O)c2cccc(C(=O)N/N=C/c3cccc(OC)c3O)[n+]2[O-])c1O. The van der Waals surface area contributed by atoms with Gasteiger partial charge in [-0.2, -0.15) is 14.9 Å². The van der Waals surface area contributed by atoms with Crippen LogP contribution in [-0.2, 0) is 0 Å². The van der Waals surface area contributed by atoms with E-state index < -0.39 is 23.2 Å². The van der Waals surface area contributed by atoms with Crippen molar-refractivity contribution in [3.05, 3.63) is 82.3 Å². The Labute approximate surface area is 199 Å². The lowest BCUT2D eigenvalue weighted by atomic mass is 10.2. The van der Waals surface area contributed by atoms with Gasteiger partial charge in [0.1, 0.15) is 0 Å². The Morgan fingerprint density at radius 3 is 1.60 bits per heavy atom. The van der Waals surface area contributed by atoms with Crippen LogP contribution in [0, 0.1) is 5.21 Å². The number of rotatable bonds is 8. The summed E-state index contributed by atoms with van der Waals surface area (Å²) >= 11 is 0. The number of hydrazone groups is 2. The van der Waals surface area contributed by atoms with Crippen LogP contribution in [0.4, 0.5) is 0 Å². The van der Waals surface area contributed by atoms with Crippen molar-refractivity contribution in [1.82, 2.24) is 10.9 Å². The minimum Gasteiger partial charge on any atom is -0.618 e. The van der Waals surface area contributed by atoms with Crippen molar-refractivity contribution in [2.24, 2.45) is 10.2 Å². The largest absolute Gasteiger partial charge is 0.618 e. The molecule has 12 heteroatoms. The fraction of sp³-hybridized carbons (Fsp3) is 0.0870. The molecule has 12 nitrogen and oxygen atoms in total. The van der Waals surface area contributed by atoms with Gasteiger partial charge in [0.25, 0.3) is 11.4 Å². The third kappa shape index (κ3) is 5.63. The molecule has 0 bridgehead atoms. The van der Waals surface area contributed by atoms with Crippen LogP contribution in [0.15, 0.2) is 64.8 Å². The van der Waals surface area contributed by atoms with Crippen molar-refractivity contribution < 1.29 is 34.0 Å². The Morgan fingerprint density at radius 2 is 1.20 bits per heavy atom. The second-order valence-electron chi connectivity index (χ2n) is 6.79. The topological polar surface area (TPSA) is 169 Å². The lowest BCUT2D eigenvalue weighted by Crippen LogP contribution is -2.45. The van der Waals surface area contributed by atoms with Crippen LogP contribution in [0.3, 0.4) is 0 Å². The second kappa shape index (κ2) is 11.1. The summed E-state index contributed by atoms with van der Waals surface area (Å²) < 4.78 is 10.1. The molecule has 35 heavy (non-hydrogen) atoms. The smallest absolute Gasteiger partial charge is 0.337 e. The van der Waals surface area contributed by atoms with Gasteiger partial charge in [0, 0.05) is 23.3 Å². The summed E-state index contributed by atoms with van der Waals surface area (Å²) in [4.78, 5) is 24.8. The average molecular weight is 479 g/mol. The van der Waals surface area contributed by atoms with Gasteiger partial charge in [0.05, 0.1) is 26.6 Å². The molecule has 180 valence electrons. The van der Waals surface area contributed by atoms with Crippen molar-refractivity contribution in [2.75, 3.05) is 14.2 Å². The van der Waals surface area contributed by atoms with Gasteiger partial charge in [0.15, 0.2) is 23.0 Å². The highest BCUT2D eigenvalue weighted by atomic mass is 16.5. The van der Waals surface area contributed by atoms with E-state index >= 15 is 0 Å². The molecule has 3 aromatic rings. The molecule has 3 rings (SSSR count). The van der Waals surface area contributed by atoms with Gasteiger partial charge in [-0.1, -0.05) is 12.1 Å². The van der Waals surface area contributed by atoms with E-state index in [4.69, 9.17) is 9.47 Å². The van der Waals surface area contributed by atoms with Crippen molar-refractivity contribution in [3.8, 4) is 23.0 Å². The number of ether oxygens (including phenoxy) is 2. The fourth-order valence-corrected chi connectivity index (χ4v) is 2.88. The number of hydrogen-bond donors (Lipinski definition) is 4. The zero-order valence-electron chi connectivity index (χ0n) is 18.6. The minimum atomic E-state index is -0.891. The highest BCUT2D eigenvalue weighted by Gasteiger charge is 2.23. The minimum absolute atomic E-state index is 0.127. The van der Waals surface area contributed by atoms with Crippen LogP contribution in [0.25, 0.3) is 0 Å². The number of aromatic hydroxyl groups is 2. The summed E-state index contributed by atoms with van der Waals surface area (Å²) in [6.07, 6.45) is 2.34. The monoisotopic (exact) mass is 479 g/mol. The number of phenols is 2. The molecule has 1 aromatic heterocycles. The highest BCUT2D eigenvalue weighted by Crippen LogP contribution is 2.28. The number of nitrogens with zero attached hydrogens (tertiary/aromatic N) is 3. The third-order valence-electron chi connectivity index (χ3n) is 4.65. The van der Waals surface area contributed by atoms with Gasteiger partial charge < -0.3 is 24.9 Å². The quantitative estimate of drug-likeness (QED) is 0.163. The number of phenolic OH excluding ortho intramolecular Hbond substituents is 2. The normalized spacial score (nSPS) is 10.9. The average Bonchev–Trinajstić information content (AvgIpc) is 2.86. The van der Waals surface area contributed by atoms with Crippen LogP contribution >= 0.6 is 0 Å². The molecule has 0 atom stereocenters. The number of nitrogens with one attached hydrogen (secondary N) is 2. The van der Waals surface area contributed by atoms with Gasteiger partial charge in [-0.05, 0) is 30.3 Å². The van der Waals surface area contributed by atoms with E-state index in [0.717, 1.165) is 0 Å². The Bertz CT molecular complexity index is 1210. The van der Waals surface area contributed by atoms with E-state index in [2.05, 4.69) is 21.1 Å². The maximum absolute atomic E-state index is 12.6. The number of carbonyl (C=O) groups is 2. The molecule has 0 saturated heterocycles. The van der Waals surface area contributed by atoms with Crippen molar-refractivity contribution in [1.29, 1.82) is 0 Å².